The smallest absolute Gasteiger partial charge is 0.309 e. The first-order valence-electron chi connectivity index (χ1n) is 3.67. The van der Waals surface area contributed by atoms with E-state index in [2.05, 4.69) is 9.97 Å². The molecule has 1 aromatic rings. The number of nitrogens with one attached hydrogen (secondary N) is 1. The molecule has 0 saturated carbocycles. The van der Waals surface area contributed by atoms with E-state index in [0.29, 0.717) is 5.92 Å². The average molecular weight is 152 g/mol. The van der Waals surface area contributed by atoms with Gasteiger partial charge >= 0.3 is 5.69 Å². The third-order valence-electron chi connectivity index (χ3n) is 1.62. The first-order chi connectivity index (χ1) is 5.11. The van der Waals surface area contributed by atoms with E-state index in [1.54, 1.807) is 6.20 Å². The van der Waals surface area contributed by atoms with Crippen LogP contribution in [-0.4, -0.2) is 9.97 Å². The molecule has 1 heterocycles. The molecule has 0 atom stereocenters. The molecule has 0 aliphatic carbocycles. The molecule has 0 bridgehead atoms. The van der Waals surface area contributed by atoms with Crippen molar-refractivity contribution in [2.24, 2.45) is 0 Å². The predicted molar refractivity (Wildman–Crippen MR) is 43.7 cm³/mol. The van der Waals surface area contributed by atoms with E-state index in [9.17, 15) is 4.79 Å². The van der Waals surface area contributed by atoms with E-state index in [4.69, 9.17) is 0 Å². The molecule has 11 heavy (non-hydrogen) atoms. The van der Waals surface area contributed by atoms with Crippen LogP contribution in [-0.2, 0) is 0 Å². The highest BCUT2D eigenvalue weighted by atomic mass is 16.1. The average Bonchev–Trinajstić information content (AvgIpc) is 1.94. The lowest BCUT2D eigenvalue weighted by Gasteiger charge is -2.06. The molecular formula is C8H12N2O. The summed E-state index contributed by atoms with van der Waals surface area (Å²) in [6.07, 6.45) is 1.61. The molecule has 1 aromatic heterocycles. The molecule has 0 spiro atoms. The van der Waals surface area contributed by atoms with Crippen LogP contribution in [0.15, 0.2) is 11.0 Å². The summed E-state index contributed by atoms with van der Waals surface area (Å²) in [5.74, 6) is 0.352. The first-order valence-corrected chi connectivity index (χ1v) is 3.67. The first kappa shape index (κ1) is 7.98. The highest BCUT2D eigenvalue weighted by Gasteiger charge is 2.03. The lowest BCUT2D eigenvalue weighted by atomic mass is 10.1. The maximum atomic E-state index is 10.8. The molecule has 0 aliphatic rings. The Morgan fingerprint density at radius 1 is 1.55 bits per heavy atom. The number of hydrogen-bond donors (Lipinski definition) is 1. The standard InChI is InChI=1S/C8H12N2O/c1-5(2)7-6(3)4-9-8(11)10-7/h4-5H,1-3H3,(H,9,10,11). The lowest BCUT2D eigenvalue weighted by molar-refractivity contribution is 0.789. The molecule has 1 N–H and O–H groups in total. The maximum absolute atomic E-state index is 10.8. The highest BCUT2D eigenvalue weighted by Crippen LogP contribution is 2.12. The zero-order chi connectivity index (χ0) is 8.43. The van der Waals surface area contributed by atoms with E-state index in [1.807, 2.05) is 20.8 Å². The van der Waals surface area contributed by atoms with Gasteiger partial charge in [-0.3, -0.25) is 0 Å². The summed E-state index contributed by atoms with van der Waals surface area (Å²) in [4.78, 5) is 17.1. The van der Waals surface area contributed by atoms with E-state index in [0.717, 1.165) is 11.3 Å². The van der Waals surface area contributed by atoms with Gasteiger partial charge in [-0.05, 0) is 18.4 Å². The van der Waals surface area contributed by atoms with Crippen molar-refractivity contribution in [1.29, 1.82) is 0 Å². The number of H-pyrrole nitrogens is 1. The number of aromatic nitrogens is 2. The minimum atomic E-state index is -0.265. The second-order valence-electron chi connectivity index (χ2n) is 2.94. The second kappa shape index (κ2) is 2.86. The largest absolute Gasteiger partial charge is 0.345 e. The topological polar surface area (TPSA) is 45.8 Å². The Balaban J connectivity index is 3.23. The van der Waals surface area contributed by atoms with Gasteiger partial charge in [0.25, 0.3) is 0 Å². The molecule has 0 amide bonds. The summed E-state index contributed by atoms with van der Waals surface area (Å²) in [7, 11) is 0. The fourth-order valence-corrected chi connectivity index (χ4v) is 1.07. The quantitative estimate of drug-likeness (QED) is 0.657. The molecule has 3 heteroatoms. The van der Waals surface area contributed by atoms with Crippen LogP contribution in [0.3, 0.4) is 0 Å². The van der Waals surface area contributed by atoms with E-state index in [-0.39, 0.29) is 5.69 Å². The van der Waals surface area contributed by atoms with Crippen LogP contribution in [0, 0.1) is 6.92 Å². The molecule has 0 saturated heterocycles. The van der Waals surface area contributed by atoms with Crippen molar-refractivity contribution >= 4 is 0 Å². The minimum absolute atomic E-state index is 0.265. The van der Waals surface area contributed by atoms with Gasteiger partial charge in [0.05, 0.1) is 0 Å². The molecule has 0 unspecified atom stereocenters. The molecule has 1 rings (SSSR count). The normalized spacial score (nSPS) is 10.5. The van der Waals surface area contributed by atoms with Gasteiger partial charge < -0.3 is 4.98 Å². The maximum Gasteiger partial charge on any atom is 0.345 e. The number of nitrogens with zero attached hydrogens (tertiary/aromatic N) is 1. The van der Waals surface area contributed by atoms with E-state index >= 15 is 0 Å². The third kappa shape index (κ3) is 1.67. The molecule has 0 aromatic carbocycles. The minimum Gasteiger partial charge on any atom is -0.309 e. The number of rotatable bonds is 1. The highest BCUT2D eigenvalue weighted by molar-refractivity contribution is 5.16. The van der Waals surface area contributed by atoms with E-state index < -0.39 is 0 Å². The van der Waals surface area contributed by atoms with Crippen LogP contribution in [0.4, 0.5) is 0 Å². The van der Waals surface area contributed by atoms with Gasteiger partial charge in [-0.2, -0.15) is 0 Å². The van der Waals surface area contributed by atoms with Crippen molar-refractivity contribution in [1.82, 2.24) is 9.97 Å². The van der Waals surface area contributed by atoms with Gasteiger partial charge in [-0.25, -0.2) is 9.78 Å². The molecule has 0 radical (unpaired) electrons. The van der Waals surface area contributed by atoms with Crippen LogP contribution in [0.5, 0.6) is 0 Å². The van der Waals surface area contributed by atoms with E-state index in [1.165, 1.54) is 0 Å². The van der Waals surface area contributed by atoms with Gasteiger partial charge in [0, 0.05) is 11.9 Å². The number of aromatic amines is 1. The van der Waals surface area contributed by atoms with Crippen molar-refractivity contribution < 1.29 is 0 Å². The third-order valence-corrected chi connectivity index (χ3v) is 1.62. The molecule has 60 valence electrons. The Hall–Kier alpha value is -1.12. The van der Waals surface area contributed by atoms with Crippen molar-refractivity contribution in [3.05, 3.63) is 27.9 Å². The fraction of sp³-hybridized carbons (Fsp3) is 0.500. The summed E-state index contributed by atoms with van der Waals surface area (Å²) in [5, 5.41) is 0. The Morgan fingerprint density at radius 2 is 2.18 bits per heavy atom. The number of aryl methyl sites for hydroxylation is 1. The Kier molecular flexibility index (Phi) is 2.08. The van der Waals surface area contributed by atoms with Gasteiger partial charge in [0.15, 0.2) is 0 Å². The zero-order valence-electron chi connectivity index (χ0n) is 7.01. The Labute approximate surface area is 65.5 Å². The van der Waals surface area contributed by atoms with Crippen LogP contribution >= 0.6 is 0 Å². The zero-order valence-corrected chi connectivity index (χ0v) is 7.01. The van der Waals surface area contributed by atoms with Gasteiger partial charge in [-0.15, -0.1) is 0 Å². The predicted octanol–water partition coefficient (Wildman–Crippen LogP) is 1.20. The Bertz CT molecular complexity index is 301. The van der Waals surface area contributed by atoms with Gasteiger partial charge in [0.2, 0.25) is 0 Å². The molecule has 0 fully saturated rings. The summed E-state index contributed by atoms with van der Waals surface area (Å²) in [6, 6.07) is 0. The summed E-state index contributed by atoms with van der Waals surface area (Å²) >= 11 is 0. The summed E-state index contributed by atoms with van der Waals surface area (Å²) in [5.41, 5.74) is 1.75. The molecule has 0 aliphatic heterocycles. The second-order valence-corrected chi connectivity index (χ2v) is 2.94. The summed E-state index contributed by atoms with van der Waals surface area (Å²) in [6.45, 7) is 6.02. The van der Waals surface area contributed by atoms with Crippen molar-refractivity contribution in [3.63, 3.8) is 0 Å². The monoisotopic (exact) mass is 152 g/mol. The molecule has 3 nitrogen and oxygen atoms in total. The van der Waals surface area contributed by atoms with Crippen LogP contribution in [0.2, 0.25) is 0 Å². The van der Waals surface area contributed by atoms with Gasteiger partial charge in [0.1, 0.15) is 0 Å². The fourth-order valence-electron chi connectivity index (χ4n) is 1.07. The van der Waals surface area contributed by atoms with Crippen molar-refractivity contribution in [2.45, 2.75) is 26.7 Å². The Morgan fingerprint density at radius 3 is 2.64 bits per heavy atom. The van der Waals surface area contributed by atoms with Crippen LogP contribution in [0.1, 0.15) is 31.0 Å². The van der Waals surface area contributed by atoms with Crippen LogP contribution < -0.4 is 5.69 Å². The number of hydrogen-bond acceptors (Lipinski definition) is 2. The van der Waals surface area contributed by atoms with Crippen LogP contribution in [0.25, 0.3) is 0 Å². The SMILES string of the molecule is Cc1cnc(=O)[nH]c1C(C)C. The van der Waals surface area contributed by atoms with Crippen molar-refractivity contribution in [2.75, 3.05) is 0 Å². The van der Waals surface area contributed by atoms with Gasteiger partial charge in [-0.1, -0.05) is 13.8 Å². The molecular weight excluding hydrogens is 140 g/mol. The van der Waals surface area contributed by atoms with Crippen molar-refractivity contribution in [3.8, 4) is 0 Å². The lowest BCUT2D eigenvalue weighted by Crippen LogP contribution is -2.14. The summed E-state index contributed by atoms with van der Waals surface area (Å²) < 4.78 is 0.